The van der Waals surface area contributed by atoms with Gasteiger partial charge >= 0.3 is 0 Å². The van der Waals surface area contributed by atoms with Gasteiger partial charge in [-0.05, 0) is 41.9 Å². The van der Waals surface area contributed by atoms with Crippen molar-refractivity contribution in [3.8, 4) is 5.75 Å². The topological polar surface area (TPSA) is 21.3 Å². The number of rotatable bonds is 5. The van der Waals surface area contributed by atoms with Crippen molar-refractivity contribution in [2.24, 2.45) is 0 Å². The lowest BCUT2D eigenvalue weighted by molar-refractivity contribution is 0.404. The number of aryl methyl sites for hydroxylation is 1. The molecule has 2 rings (SSSR count). The summed E-state index contributed by atoms with van der Waals surface area (Å²) in [5, 5.41) is 7.83. The van der Waals surface area contributed by atoms with Crippen LogP contribution >= 0.6 is 11.3 Å². The fraction of sp³-hybridized carbons (Fsp3) is 0.333. The number of hydrogen-bond acceptors (Lipinski definition) is 3. The Kier molecular flexibility index (Phi) is 4.39. The van der Waals surface area contributed by atoms with Crippen molar-refractivity contribution in [1.29, 1.82) is 0 Å². The third-order valence-corrected chi connectivity index (χ3v) is 3.68. The second kappa shape index (κ2) is 6.03. The van der Waals surface area contributed by atoms with Gasteiger partial charge in [-0.25, -0.2) is 0 Å². The quantitative estimate of drug-likeness (QED) is 0.884. The van der Waals surface area contributed by atoms with Crippen LogP contribution in [0.5, 0.6) is 5.75 Å². The lowest BCUT2D eigenvalue weighted by atomic mass is 9.98. The normalized spacial score (nSPS) is 12.4. The summed E-state index contributed by atoms with van der Waals surface area (Å²) in [7, 11) is 1.73. The highest BCUT2D eigenvalue weighted by atomic mass is 32.1. The van der Waals surface area contributed by atoms with E-state index in [2.05, 4.69) is 48.1 Å². The van der Waals surface area contributed by atoms with Crippen molar-refractivity contribution < 1.29 is 4.74 Å². The number of benzene rings is 1. The van der Waals surface area contributed by atoms with Crippen molar-refractivity contribution in [3.05, 3.63) is 51.7 Å². The van der Waals surface area contributed by atoms with Gasteiger partial charge in [-0.15, -0.1) is 0 Å². The second-order valence-corrected chi connectivity index (χ2v) is 5.07. The molecule has 0 aliphatic rings. The van der Waals surface area contributed by atoms with Crippen LogP contribution in [0.15, 0.2) is 35.0 Å². The van der Waals surface area contributed by atoms with Crippen molar-refractivity contribution in [1.82, 2.24) is 5.32 Å². The van der Waals surface area contributed by atoms with E-state index in [1.807, 2.05) is 6.07 Å². The van der Waals surface area contributed by atoms with E-state index in [9.17, 15) is 0 Å². The van der Waals surface area contributed by atoms with E-state index >= 15 is 0 Å². The highest BCUT2D eigenvalue weighted by Crippen LogP contribution is 2.31. The van der Waals surface area contributed by atoms with Crippen LogP contribution in [-0.2, 0) is 0 Å². The highest BCUT2D eigenvalue weighted by Gasteiger charge is 2.17. The molecule has 1 unspecified atom stereocenters. The van der Waals surface area contributed by atoms with Gasteiger partial charge in [0.05, 0.1) is 13.2 Å². The van der Waals surface area contributed by atoms with Gasteiger partial charge in [0.15, 0.2) is 0 Å². The predicted octanol–water partition coefficient (Wildman–Crippen LogP) is 3.76. The fourth-order valence-corrected chi connectivity index (χ4v) is 2.82. The molecule has 1 aromatic carbocycles. The van der Waals surface area contributed by atoms with Crippen LogP contribution in [0.1, 0.15) is 29.7 Å². The molecule has 0 saturated carbocycles. The number of nitrogens with one attached hydrogen (secondary N) is 1. The van der Waals surface area contributed by atoms with E-state index in [1.54, 1.807) is 18.4 Å². The molecule has 1 aromatic heterocycles. The SMILES string of the molecule is CCNC(c1ccsc1)c1cc(C)ccc1OC. The average Bonchev–Trinajstić information content (AvgIpc) is 2.89. The van der Waals surface area contributed by atoms with Crippen LogP contribution in [0.25, 0.3) is 0 Å². The summed E-state index contributed by atoms with van der Waals surface area (Å²) in [4.78, 5) is 0. The zero-order valence-corrected chi connectivity index (χ0v) is 11.9. The average molecular weight is 261 g/mol. The van der Waals surface area contributed by atoms with Crippen LogP contribution in [0.2, 0.25) is 0 Å². The van der Waals surface area contributed by atoms with Crippen LogP contribution in [-0.4, -0.2) is 13.7 Å². The molecule has 0 saturated heterocycles. The maximum atomic E-state index is 5.49. The van der Waals surface area contributed by atoms with E-state index in [4.69, 9.17) is 4.74 Å². The molecule has 1 heterocycles. The molecular formula is C15H19NOS. The summed E-state index contributed by atoms with van der Waals surface area (Å²) >= 11 is 1.73. The van der Waals surface area contributed by atoms with Crippen molar-refractivity contribution >= 4 is 11.3 Å². The summed E-state index contributed by atoms with van der Waals surface area (Å²) in [5.74, 6) is 0.942. The number of methoxy groups -OCH3 is 1. The maximum absolute atomic E-state index is 5.49. The van der Waals surface area contributed by atoms with Gasteiger partial charge in [0.25, 0.3) is 0 Å². The van der Waals surface area contributed by atoms with Gasteiger partial charge in [-0.1, -0.05) is 24.6 Å². The van der Waals surface area contributed by atoms with Crippen molar-refractivity contribution in [2.75, 3.05) is 13.7 Å². The molecule has 1 atom stereocenters. The molecule has 0 radical (unpaired) electrons. The summed E-state index contributed by atoms with van der Waals surface area (Å²) in [6.45, 7) is 5.17. The number of ether oxygens (including phenoxy) is 1. The minimum Gasteiger partial charge on any atom is -0.496 e. The molecule has 3 heteroatoms. The second-order valence-electron chi connectivity index (χ2n) is 4.29. The Hall–Kier alpha value is -1.32. The van der Waals surface area contributed by atoms with E-state index in [1.165, 1.54) is 16.7 Å². The monoisotopic (exact) mass is 261 g/mol. The van der Waals surface area contributed by atoms with E-state index in [0.717, 1.165) is 12.3 Å². The van der Waals surface area contributed by atoms with E-state index in [-0.39, 0.29) is 6.04 Å². The van der Waals surface area contributed by atoms with E-state index < -0.39 is 0 Å². The number of thiophene rings is 1. The molecule has 0 spiro atoms. The molecule has 0 bridgehead atoms. The lowest BCUT2D eigenvalue weighted by Crippen LogP contribution is -2.22. The molecule has 2 aromatic rings. The zero-order valence-electron chi connectivity index (χ0n) is 11.1. The van der Waals surface area contributed by atoms with Gasteiger partial charge < -0.3 is 10.1 Å². The summed E-state index contributed by atoms with van der Waals surface area (Å²) in [5.41, 5.74) is 3.76. The Bertz CT molecular complexity index is 493. The summed E-state index contributed by atoms with van der Waals surface area (Å²) in [6, 6.07) is 8.69. The fourth-order valence-electron chi connectivity index (χ4n) is 2.13. The summed E-state index contributed by atoms with van der Waals surface area (Å²) < 4.78 is 5.49. The minimum atomic E-state index is 0.205. The van der Waals surface area contributed by atoms with Gasteiger partial charge in [0.2, 0.25) is 0 Å². The van der Waals surface area contributed by atoms with Gasteiger partial charge in [0.1, 0.15) is 5.75 Å². The van der Waals surface area contributed by atoms with Gasteiger partial charge in [-0.2, -0.15) is 11.3 Å². The zero-order chi connectivity index (χ0) is 13.0. The Morgan fingerprint density at radius 2 is 2.17 bits per heavy atom. The predicted molar refractivity (Wildman–Crippen MR) is 77.6 cm³/mol. The van der Waals surface area contributed by atoms with Crippen LogP contribution in [0.4, 0.5) is 0 Å². The Balaban J connectivity index is 2.45. The number of hydrogen-bond donors (Lipinski definition) is 1. The molecule has 96 valence electrons. The van der Waals surface area contributed by atoms with E-state index in [0.29, 0.717) is 0 Å². The Labute approximate surface area is 113 Å². The molecule has 0 fully saturated rings. The first kappa shape index (κ1) is 13.1. The minimum absolute atomic E-state index is 0.205. The maximum Gasteiger partial charge on any atom is 0.123 e. The van der Waals surface area contributed by atoms with Crippen molar-refractivity contribution in [3.63, 3.8) is 0 Å². The standard InChI is InChI=1S/C15H19NOS/c1-4-16-15(12-7-8-18-10-12)13-9-11(2)5-6-14(13)17-3/h5-10,15-16H,4H2,1-3H3. The summed E-state index contributed by atoms with van der Waals surface area (Å²) in [6.07, 6.45) is 0. The first-order valence-corrected chi connectivity index (χ1v) is 7.10. The molecule has 0 aliphatic heterocycles. The first-order valence-electron chi connectivity index (χ1n) is 6.16. The molecular weight excluding hydrogens is 242 g/mol. The molecule has 18 heavy (non-hydrogen) atoms. The molecule has 0 amide bonds. The third kappa shape index (κ3) is 2.74. The largest absolute Gasteiger partial charge is 0.496 e. The van der Waals surface area contributed by atoms with Gasteiger partial charge in [0, 0.05) is 5.56 Å². The van der Waals surface area contributed by atoms with Crippen LogP contribution < -0.4 is 10.1 Å². The molecule has 2 nitrogen and oxygen atoms in total. The van der Waals surface area contributed by atoms with Crippen LogP contribution in [0, 0.1) is 6.92 Å². The van der Waals surface area contributed by atoms with Crippen molar-refractivity contribution in [2.45, 2.75) is 19.9 Å². The molecule has 1 N–H and O–H groups in total. The lowest BCUT2D eigenvalue weighted by Gasteiger charge is -2.20. The smallest absolute Gasteiger partial charge is 0.123 e. The third-order valence-electron chi connectivity index (χ3n) is 2.98. The Morgan fingerprint density at radius 1 is 1.33 bits per heavy atom. The van der Waals surface area contributed by atoms with Crippen LogP contribution in [0.3, 0.4) is 0 Å². The van der Waals surface area contributed by atoms with Gasteiger partial charge in [-0.3, -0.25) is 0 Å². The Morgan fingerprint density at radius 3 is 2.78 bits per heavy atom. The first-order chi connectivity index (χ1) is 8.76. The highest BCUT2D eigenvalue weighted by molar-refractivity contribution is 7.08. The molecule has 0 aliphatic carbocycles.